The molecule has 1 aromatic carbocycles. The molecule has 0 aliphatic carbocycles. The highest BCUT2D eigenvalue weighted by Crippen LogP contribution is 2.20. The summed E-state index contributed by atoms with van der Waals surface area (Å²) < 4.78 is 0.968. The highest BCUT2D eigenvalue weighted by atomic mass is 127. The molecule has 0 spiro atoms. The second kappa shape index (κ2) is 4.11. The van der Waals surface area contributed by atoms with E-state index in [1.54, 1.807) is 0 Å². The van der Waals surface area contributed by atoms with Gasteiger partial charge in [-0.05, 0) is 46.7 Å². The summed E-state index contributed by atoms with van der Waals surface area (Å²) in [6, 6.07) is 6.03. The fraction of sp³-hybridized carbons (Fsp3) is 0.222. The summed E-state index contributed by atoms with van der Waals surface area (Å²) in [6.07, 6.45) is 0. The molecule has 0 amide bonds. The van der Waals surface area contributed by atoms with Crippen LogP contribution in [0.1, 0.15) is 16.7 Å². The van der Waals surface area contributed by atoms with E-state index in [1.165, 1.54) is 0 Å². The molecule has 0 aliphatic heterocycles. The van der Waals surface area contributed by atoms with Gasteiger partial charge in [0.1, 0.15) is 6.07 Å². The smallest absolute Gasteiger partial charge is 0.100 e. The minimum atomic E-state index is 0.467. The summed E-state index contributed by atoms with van der Waals surface area (Å²) in [5.74, 6) is 0.467. The summed E-state index contributed by atoms with van der Waals surface area (Å²) in [5.41, 5.74) is 2.84. The number of nitriles is 1. The van der Waals surface area contributed by atoms with Gasteiger partial charge in [0.15, 0.2) is 0 Å². The summed E-state index contributed by atoms with van der Waals surface area (Å²) in [6.45, 7) is 1.97. The minimum Gasteiger partial charge on any atom is -0.192 e. The Bertz CT molecular complexity index is 341. The molecule has 0 aromatic heterocycles. The van der Waals surface area contributed by atoms with Crippen molar-refractivity contribution in [3.8, 4) is 6.07 Å². The number of hydrogen-bond acceptors (Lipinski definition) is 1. The fourth-order valence-corrected chi connectivity index (χ4v) is 2.08. The minimum absolute atomic E-state index is 0.467. The zero-order chi connectivity index (χ0) is 9.14. The van der Waals surface area contributed by atoms with Gasteiger partial charge in [-0.25, -0.2) is 0 Å². The molecule has 1 aromatic rings. The second-order valence-corrected chi connectivity index (χ2v) is 3.88. The van der Waals surface area contributed by atoms with Gasteiger partial charge in [0.05, 0.1) is 5.56 Å². The predicted molar refractivity (Wildman–Crippen MR) is 58.2 cm³/mol. The van der Waals surface area contributed by atoms with Crippen molar-refractivity contribution >= 4 is 34.2 Å². The lowest BCUT2D eigenvalue weighted by Crippen LogP contribution is -1.91. The van der Waals surface area contributed by atoms with Crippen LogP contribution in [0.5, 0.6) is 0 Å². The van der Waals surface area contributed by atoms with Gasteiger partial charge >= 0.3 is 0 Å². The van der Waals surface area contributed by atoms with Gasteiger partial charge in [-0.3, -0.25) is 0 Å². The van der Waals surface area contributed by atoms with E-state index in [0.717, 1.165) is 14.7 Å². The van der Waals surface area contributed by atoms with Gasteiger partial charge in [-0.2, -0.15) is 5.26 Å². The quantitative estimate of drug-likeness (QED) is 0.576. The van der Waals surface area contributed by atoms with Crippen molar-refractivity contribution in [2.75, 3.05) is 0 Å². The van der Waals surface area contributed by atoms with Gasteiger partial charge in [0.25, 0.3) is 0 Å². The highest BCUT2D eigenvalue weighted by Gasteiger charge is 2.04. The van der Waals surface area contributed by atoms with Crippen molar-refractivity contribution in [3.05, 3.63) is 32.4 Å². The summed E-state index contributed by atoms with van der Waals surface area (Å²) in [5, 5.41) is 8.76. The average Bonchev–Trinajstić information content (AvgIpc) is 2.08. The number of rotatable bonds is 1. The van der Waals surface area contributed by atoms with E-state index in [1.807, 2.05) is 19.1 Å². The molecule has 12 heavy (non-hydrogen) atoms. The topological polar surface area (TPSA) is 23.8 Å². The van der Waals surface area contributed by atoms with Crippen molar-refractivity contribution in [1.82, 2.24) is 0 Å². The molecule has 0 fully saturated rings. The zero-order valence-corrected chi connectivity index (χ0v) is 9.48. The van der Waals surface area contributed by atoms with Gasteiger partial charge in [0.2, 0.25) is 0 Å². The molecule has 0 aliphatic rings. The Morgan fingerprint density at radius 3 is 2.75 bits per heavy atom. The van der Waals surface area contributed by atoms with Gasteiger partial charge in [-0.15, -0.1) is 11.6 Å². The maximum absolute atomic E-state index is 8.76. The lowest BCUT2D eigenvalue weighted by Gasteiger charge is -2.03. The molecule has 0 saturated heterocycles. The number of aryl methyl sites for hydroxylation is 1. The van der Waals surface area contributed by atoms with Crippen LogP contribution in [0.3, 0.4) is 0 Å². The molecule has 0 radical (unpaired) electrons. The molecular weight excluding hydrogens is 284 g/mol. The van der Waals surface area contributed by atoms with Gasteiger partial charge < -0.3 is 0 Å². The standard InChI is InChI=1S/C9H7ClIN/c1-6-2-7(4-10)9(11)8(3-6)5-12/h2-3H,4H2,1H3. The Labute approximate surface area is 90.5 Å². The maximum atomic E-state index is 8.76. The molecule has 62 valence electrons. The van der Waals surface area contributed by atoms with Crippen LogP contribution in [-0.2, 0) is 5.88 Å². The van der Waals surface area contributed by atoms with E-state index >= 15 is 0 Å². The van der Waals surface area contributed by atoms with E-state index in [-0.39, 0.29) is 0 Å². The zero-order valence-electron chi connectivity index (χ0n) is 6.56. The van der Waals surface area contributed by atoms with Gasteiger partial charge in [-0.1, -0.05) is 6.07 Å². The van der Waals surface area contributed by atoms with Crippen LogP contribution in [0, 0.1) is 21.8 Å². The average molecular weight is 292 g/mol. The van der Waals surface area contributed by atoms with Crippen molar-refractivity contribution in [2.24, 2.45) is 0 Å². The van der Waals surface area contributed by atoms with E-state index in [9.17, 15) is 0 Å². The number of halogens is 2. The molecule has 1 nitrogen and oxygen atoms in total. The lowest BCUT2D eigenvalue weighted by atomic mass is 10.1. The summed E-state index contributed by atoms with van der Waals surface area (Å²) >= 11 is 7.87. The molecule has 0 unspecified atom stereocenters. The van der Waals surface area contributed by atoms with E-state index < -0.39 is 0 Å². The first-order chi connectivity index (χ1) is 5.69. The normalized spacial score (nSPS) is 9.50. The van der Waals surface area contributed by atoms with Crippen molar-refractivity contribution in [2.45, 2.75) is 12.8 Å². The number of hydrogen-bond donors (Lipinski definition) is 0. The third-order valence-corrected chi connectivity index (χ3v) is 3.12. The van der Waals surface area contributed by atoms with Crippen LogP contribution in [0.15, 0.2) is 12.1 Å². The molecule has 0 N–H and O–H groups in total. The molecule has 0 saturated carbocycles. The first kappa shape index (κ1) is 9.82. The summed E-state index contributed by atoms with van der Waals surface area (Å²) in [7, 11) is 0. The van der Waals surface area contributed by atoms with E-state index in [2.05, 4.69) is 28.7 Å². The van der Waals surface area contributed by atoms with Gasteiger partial charge in [0, 0.05) is 9.45 Å². The van der Waals surface area contributed by atoms with Crippen molar-refractivity contribution in [1.29, 1.82) is 5.26 Å². The Balaban J connectivity index is 3.34. The molecule has 0 atom stereocenters. The maximum Gasteiger partial charge on any atom is 0.100 e. The molecule has 1 rings (SSSR count). The van der Waals surface area contributed by atoms with Crippen LogP contribution in [0.25, 0.3) is 0 Å². The lowest BCUT2D eigenvalue weighted by molar-refractivity contribution is 1.29. The molecule has 0 heterocycles. The fourth-order valence-electron chi connectivity index (χ4n) is 1.02. The predicted octanol–water partition coefficient (Wildman–Crippen LogP) is 3.21. The largest absolute Gasteiger partial charge is 0.192 e. The number of nitrogens with zero attached hydrogens (tertiary/aromatic N) is 1. The van der Waals surface area contributed by atoms with Crippen molar-refractivity contribution < 1.29 is 0 Å². The Hall–Kier alpha value is -0.270. The highest BCUT2D eigenvalue weighted by molar-refractivity contribution is 14.1. The second-order valence-electron chi connectivity index (χ2n) is 2.53. The molecular formula is C9H7ClIN. The monoisotopic (exact) mass is 291 g/mol. The van der Waals surface area contributed by atoms with Crippen LogP contribution >= 0.6 is 34.2 Å². The van der Waals surface area contributed by atoms with Crippen LogP contribution in [0.2, 0.25) is 0 Å². The Kier molecular flexibility index (Phi) is 3.36. The Morgan fingerprint density at radius 2 is 2.25 bits per heavy atom. The SMILES string of the molecule is Cc1cc(C#N)c(I)c(CCl)c1. The van der Waals surface area contributed by atoms with Crippen LogP contribution in [-0.4, -0.2) is 0 Å². The van der Waals surface area contributed by atoms with Crippen LogP contribution in [0.4, 0.5) is 0 Å². The number of benzene rings is 1. The van der Waals surface area contributed by atoms with E-state index in [0.29, 0.717) is 11.4 Å². The van der Waals surface area contributed by atoms with E-state index in [4.69, 9.17) is 16.9 Å². The third-order valence-electron chi connectivity index (χ3n) is 1.56. The first-order valence-corrected chi connectivity index (χ1v) is 5.05. The van der Waals surface area contributed by atoms with Crippen molar-refractivity contribution in [3.63, 3.8) is 0 Å². The number of alkyl halides is 1. The third kappa shape index (κ3) is 1.90. The molecule has 3 heteroatoms. The Morgan fingerprint density at radius 1 is 1.58 bits per heavy atom. The van der Waals surface area contributed by atoms with Crippen LogP contribution < -0.4 is 0 Å². The first-order valence-electron chi connectivity index (χ1n) is 3.44. The molecule has 0 bridgehead atoms. The summed E-state index contributed by atoms with van der Waals surface area (Å²) in [4.78, 5) is 0.